The molecule has 0 saturated carbocycles. The second kappa shape index (κ2) is 11.2. The molecule has 1 N–H and O–H groups in total. The molecule has 2 fully saturated rings. The summed E-state index contributed by atoms with van der Waals surface area (Å²) in [5.74, 6) is 1.83. The van der Waals surface area contributed by atoms with Crippen molar-refractivity contribution in [3.8, 4) is 11.5 Å². The van der Waals surface area contributed by atoms with Crippen LogP contribution in [0.4, 0.5) is 0 Å². The number of hydrogen-bond donors (Lipinski definition) is 1. The maximum absolute atomic E-state index is 12.5. The van der Waals surface area contributed by atoms with Gasteiger partial charge in [0.25, 0.3) is 5.91 Å². The molecule has 184 valence electrons. The molecule has 2 aromatic rings. The average molecular weight is 473 g/mol. The number of rotatable bonds is 10. The van der Waals surface area contributed by atoms with Gasteiger partial charge in [-0.3, -0.25) is 14.6 Å². The molecular weight excluding hydrogens is 440 g/mol. The first-order chi connectivity index (χ1) is 16.7. The van der Waals surface area contributed by atoms with Crippen molar-refractivity contribution >= 4 is 5.91 Å². The minimum absolute atomic E-state index is 0.0905. The van der Waals surface area contributed by atoms with Crippen LogP contribution in [0.5, 0.6) is 11.5 Å². The van der Waals surface area contributed by atoms with Crippen LogP contribution in [0.2, 0.25) is 0 Å². The minimum atomic E-state index is -0.235. The van der Waals surface area contributed by atoms with E-state index in [0.29, 0.717) is 31.2 Å². The van der Waals surface area contributed by atoms with Crippen LogP contribution < -0.4 is 14.8 Å². The van der Waals surface area contributed by atoms with Gasteiger partial charge in [0.1, 0.15) is 6.26 Å². The fraction of sp³-hybridized carbons (Fsp3) is 0.583. The molecule has 0 aliphatic carbocycles. The monoisotopic (exact) mass is 472 g/mol. The summed E-state index contributed by atoms with van der Waals surface area (Å²) in [6, 6.07) is 6.01. The van der Waals surface area contributed by atoms with E-state index in [1.807, 2.05) is 12.1 Å². The van der Waals surface area contributed by atoms with Crippen molar-refractivity contribution in [3.63, 3.8) is 0 Å². The third-order valence-corrected chi connectivity index (χ3v) is 6.34. The number of carbonyl (C=O) groups is 1. The van der Waals surface area contributed by atoms with E-state index in [2.05, 4.69) is 26.2 Å². The molecule has 1 aromatic carbocycles. The number of hydrogen-bond acceptors (Lipinski definition) is 9. The molecule has 4 heterocycles. The molecule has 34 heavy (non-hydrogen) atoms. The lowest BCUT2D eigenvalue weighted by molar-refractivity contribution is 0.0320. The van der Waals surface area contributed by atoms with E-state index >= 15 is 0 Å². The highest BCUT2D eigenvalue weighted by molar-refractivity contribution is 5.91. The highest BCUT2D eigenvalue weighted by atomic mass is 16.7. The van der Waals surface area contributed by atoms with Crippen molar-refractivity contribution in [2.75, 3.05) is 59.3 Å². The van der Waals surface area contributed by atoms with Crippen molar-refractivity contribution in [2.45, 2.75) is 32.0 Å². The van der Waals surface area contributed by atoms with Gasteiger partial charge in [-0.1, -0.05) is 6.07 Å². The molecule has 1 atom stereocenters. The smallest absolute Gasteiger partial charge is 0.273 e. The van der Waals surface area contributed by atoms with Crippen LogP contribution in [0.3, 0.4) is 0 Å². The Morgan fingerprint density at radius 1 is 1.15 bits per heavy atom. The summed E-state index contributed by atoms with van der Waals surface area (Å²) >= 11 is 0. The van der Waals surface area contributed by atoms with Crippen molar-refractivity contribution in [1.29, 1.82) is 0 Å². The molecule has 2 saturated heterocycles. The Morgan fingerprint density at radius 2 is 2.03 bits per heavy atom. The van der Waals surface area contributed by atoms with E-state index in [9.17, 15) is 4.79 Å². The summed E-state index contributed by atoms with van der Waals surface area (Å²) in [5.41, 5.74) is 1.41. The second-order valence-corrected chi connectivity index (χ2v) is 8.82. The lowest BCUT2D eigenvalue weighted by Crippen LogP contribution is -2.41. The highest BCUT2D eigenvalue weighted by Crippen LogP contribution is 2.33. The van der Waals surface area contributed by atoms with Gasteiger partial charge in [0.15, 0.2) is 17.2 Å². The molecule has 1 aromatic heterocycles. The third-order valence-electron chi connectivity index (χ3n) is 6.34. The quantitative estimate of drug-likeness (QED) is 0.553. The maximum atomic E-state index is 12.5. The number of carbonyl (C=O) groups excluding carboxylic acids is 1. The molecule has 1 amide bonds. The zero-order chi connectivity index (χ0) is 23.2. The molecule has 1 unspecified atom stereocenters. The maximum Gasteiger partial charge on any atom is 0.273 e. The predicted molar refractivity (Wildman–Crippen MR) is 122 cm³/mol. The highest BCUT2D eigenvalue weighted by Gasteiger charge is 2.21. The number of oxazole rings is 1. The van der Waals surface area contributed by atoms with Crippen LogP contribution in [-0.2, 0) is 22.6 Å². The first-order valence-electron chi connectivity index (χ1n) is 12.0. The van der Waals surface area contributed by atoms with E-state index in [1.165, 1.54) is 6.26 Å². The molecule has 0 spiro atoms. The zero-order valence-electron chi connectivity index (χ0n) is 19.4. The fourth-order valence-corrected chi connectivity index (χ4v) is 4.40. The Hall–Kier alpha value is -2.66. The number of ether oxygens (including phenoxy) is 4. The van der Waals surface area contributed by atoms with Crippen molar-refractivity contribution < 1.29 is 28.2 Å². The number of benzene rings is 1. The zero-order valence-corrected chi connectivity index (χ0v) is 19.4. The van der Waals surface area contributed by atoms with E-state index in [-0.39, 0.29) is 18.8 Å². The lowest BCUT2D eigenvalue weighted by atomic mass is 10.2. The number of morpholine rings is 1. The van der Waals surface area contributed by atoms with Crippen LogP contribution in [-0.4, -0.2) is 86.1 Å². The number of nitrogens with one attached hydrogen (secondary N) is 1. The average Bonchev–Trinajstić information content (AvgIpc) is 3.64. The number of nitrogens with zero attached hydrogens (tertiary/aromatic N) is 3. The minimum Gasteiger partial charge on any atom is -0.454 e. The first kappa shape index (κ1) is 23.1. The standard InChI is InChI=1S/C24H32N4O6/c29-24(25-13-19-2-1-9-31-19)20-16-32-23(26-20)15-28(6-5-27-7-10-30-11-8-27)14-18-3-4-21-22(12-18)34-17-33-21/h3-4,12,16,19H,1-2,5-11,13-15,17H2,(H,25,29). The Kier molecular flexibility index (Phi) is 7.59. The van der Waals surface area contributed by atoms with Gasteiger partial charge in [0.05, 0.1) is 25.9 Å². The molecule has 3 aliphatic rings. The van der Waals surface area contributed by atoms with Gasteiger partial charge in [-0.2, -0.15) is 0 Å². The van der Waals surface area contributed by atoms with Crippen molar-refractivity contribution in [2.24, 2.45) is 0 Å². The lowest BCUT2D eigenvalue weighted by Gasteiger charge is -2.29. The van der Waals surface area contributed by atoms with Crippen molar-refractivity contribution in [3.05, 3.63) is 41.6 Å². The second-order valence-electron chi connectivity index (χ2n) is 8.82. The van der Waals surface area contributed by atoms with Crippen LogP contribution in [0, 0.1) is 0 Å². The molecule has 10 nitrogen and oxygen atoms in total. The summed E-state index contributed by atoms with van der Waals surface area (Å²) in [6.07, 6.45) is 3.54. The summed E-state index contributed by atoms with van der Waals surface area (Å²) < 4.78 is 27.7. The molecule has 0 bridgehead atoms. The van der Waals surface area contributed by atoms with Gasteiger partial charge in [-0.15, -0.1) is 0 Å². The van der Waals surface area contributed by atoms with Gasteiger partial charge in [-0.25, -0.2) is 4.98 Å². The predicted octanol–water partition coefficient (Wildman–Crippen LogP) is 1.65. The summed E-state index contributed by atoms with van der Waals surface area (Å²) in [5, 5.41) is 2.90. The molecular formula is C24H32N4O6. The van der Waals surface area contributed by atoms with E-state index in [1.54, 1.807) is 0 Å². The molecule has 3 aliphatic heterocycles. The topological polar surface area (TPSA) is 98.5 Å². The van der Waals surface area contributed by atoms with Gasteiger partial charge in [0.2, 0.25) is 12.7 Å². The molecule has 10 heteroatoms. The Bertz CT molecular complexity index is 955. The van der Waals surface area contributed by atoms with Gasteiger partial charge < -0.3 is 28.7 Å². The first-order valence-corrected chi connectivity index (χ1v) is 12.0. The van der Waals surface area contributed by atoms with Gasteiger partial charge in [0, 0.05) is 45.9 Å². The Morgan fingerprint density at radius 3 is 2.88 bits per heavy atom. The largest absolute Gasteiger partial charge is 0.454 e. The SMILES string of the molecule is O=C(NCC1CCCO1)c1coc(CN(CCN2CCOCC2)Cc2ccc3c(c2)OCO3)n1. The number of fused-ring (bicyclic) bond motifs is 1. The summed E-state index contributed by atoms with van der Waals surface area (Å²) in [4.78, 5) is 21.6. The number of aromatic nitrogens is 1. The van der Waals surface area contributed by atoms with Crippen LogP contribution in [0.15, 0.2) is 28.9 Å². The fourth-order valence-electron chi connectivity index (χ4n) is 4.40. The number of amides is 1. The van der Waals surface area contributed by atoms with E-state index < -0.39 is 0 Å². The Balaban J connectivity index is 1.21. The summed E-state index contributed by atoms with van der Waals surface area (Å²) in [6.45, 7) is 7.88. The summed E-state index contributed by atoms with van der Waals surface area (Å²) in [7, 11) is 0. The van der Waals surface area contributed by atoms with Crippen LogP contribution in [0.25, 0.3) is 0 Å². The normalized spacial score (nSPS) is 20.2. The third kappa shape index (κ3) is 6.06. The Labute approximate surface area is 199 Å². The molecule has 5 rings (SSSR count). The molecule has 0 radical (unpaired) electrons. The van der Waals surface area contributed by atoms with E-state index in [0.717, 1.165) is 75.9 Å². The van der Waals surface area contributed by atoms with Gasteiger partial charge in [-0.05, 0) is 30.5 Å². The van der Waals surface area contributed by atoms with E-state index in [4.69, 9.17) is 23.4 Å². The van der Waals surface area contributed by atoms with Gasteiger partial charge >= 0.3 is 0 Å². The van der Waals surface area contributed by atoms with Crippen LogP contribution >= 0.6 is 0 Å². The van der Waals surface area contributed by atoms with Crippen LogP contribution in [0.1, 0.15) is 34.8 Å². The van der Waals surface area contributed by atoms with Crippen molar-refractivity contribution in [1.82, 2.24) is 20.1 Å².